The Bertz CT molecular complexity index is 1130. The Morgan fingerprint density at radius 1 is 1.16 bits per heavy atom. The Morgan fingerprint density at radius 2 is 1.87 bits per heavy atom. The molecule has 0 radical (unpaired) electrons. The van der Waals surface area contributed by atoms with Gasteiger partial charge in [-0.25, -0.2) is 0 Å². The van der Waals surface area contributed by atoms with Crippen LogP contribution in [0.1, 0.15) is 34.3 Å². The Balaban J connectivity index is 1.82. The fourth-order valence-electron chi connectivity index (χ4n) is 5.22. The van der Waals surface area contributed by atoms with E-state index >= 15 is 0 Å². The fraction of sp³-hybridized carbons (Fsp3) is 0.409. The number of aliphatic hydroxyl groups is 2. The molecule has 31 heavy (non-hydrogen) atoms. The van der Waals surface area contributed by atoms with Gasteiger partial charge in [0.05, 0.1) is 11.5 Å². The number of phenols is 1. The van der Waals surface area contributed by atoms with Crippen molar-refractivity contribution in [1.82, 2.24) is 0 Å². The topological polar surface area (TPSA) is 172 Å². The summed E-state index contributed by atoms with van der Waals surface area (Å²) >= 11 is 0. The number of aromatic hydroxyl groups is 1. The van der Waals surface area contributed by atoms with Gasteiger partial charge in [0.25, 0.3) is 0 Å². The van der Waals surface area contributed by atoms with E-state index in [1.807, 2.05) is 0 Å². The molecule has 0 heterocycles. The van der Waals surface area contributed by atoms with Crippen molar-refractivity contribution in [3.63, 3.8) is 0 Å². The molecule has 160 valence electrons. The molecule has 1 aromatic carbocycles. The van der Waals surface area contributed by atoms with Crippen molar-refractivity contribution < 1.29 is 39.3 Å². The molecule has 2 unspecified atom stereocenters. The molecule has 0 spiro atoms. The first kappa shape index (κ1) is 20.9. The second-order valence-corrected chi connectivity index (χ2v) is 8.19. The van der Waals surface area contributed by atoms with Crippen LogP contribution in [0.15, 0.2) is 12.1 Å². The largest absolute Gasteiger partial charge is 0.507 e. The van der Waals surface area contributed by atoms with E-state index < -0.39 is 64.9 Å². The van der Waals surface area contributed by atoms with Crippen LogP contribution in [0.5, 0.6) is 5.75 Å². The van der Waals surface area contributed by atoms with E-state index in [1.165, 1.54) is 12.1 Å². The lowest BCUT2D eigenvalue weighted by Crippen LogP contribution is -2.68. The molecule has 3 aliphatic rings. The summed E-state index contributed by atoms with van der Waals surface area (Å²) in [6, 6.07) is 2.74. The van der Waals surface area contributed by atoms with Gasteiger partial charge in [-0.05, 0) is 36.5 Å². The van der Waals surface area contributed by atoms with Crippen LogP contribution in [0.4, 0.5) is 0 Å². The van der Waals surface area contributed by atoms with Crippen LogP contribution in [0, 0.1) is 35.5 Å². The summed E-state index contributed by atoms with van der Waals surface area (Å²) in [5, 5.41) is 30.3. The smallest absolute Gasteiger partial charge is 0.235 e. The van der Waals surface area contributed by atoms with Crippen molar-refractivity contribution in [2.24, 2.45) is 29.4 Å². The van der Waals surface area contributed by atoms with Crippen LogP contribution in [0.25, 0.3) is 0 Å². The minimum absolute atomic E-state index is 0.0174. The third kappa shape index (κ3) is 2.83. The maximum absolute atomic E-state index is 13.3. The molecule has 9 heteroatoms. The first-order chi connectivity index (χ1) is 14.6. The quantitative estimate of drug-likeness (QED) is 0.316. The maximum Gasteiger partial charge on any atom is 0.235 e. The zero-order valence-electron chi connectivity index (χ0n) is 16.3. The number of fused-ring (bicyclic) bond motifs is 3. The predicted octanol–water partition coefficient (Wildman–Crippen LogP) is -1.33. The van der Waals surface area contributed by atoms with E-state index in [2.05, 4.69) is 11.8 Å². The number of Topliss-reactive ketones (excluding diaryl/α,β-unsaturated/α-hetero) is 4. The van der Waals surface area contributed by atoms with Gasteiger partial charge in [-0.2, -0.15) is 0 Å². The Kier molecular flexibility index (Phi) is 4.80. The highest BCUT2D eigenvalue weighted by Gasteiger charge is 2.66. The Hall–Kier alpha value is -3.35. The van der Waals surface area contributed by atoms with Crippen molar-refractivity contribution in [2.45, 2.75) is 24.9 Å². The predicted molar refractivity (Wildman–Crippen MR) is 102 cm³/mol. The number of aliphatic hydroxyl groups excluding tert-OH is 1. The summed E-state index contributed by atoms with van der Waals surface area (Å²) in [7, 11) is 0. The number of nitrogens with two attached hydrogens (primary N) is 1. The number of primary amides is 1. The number of hydrogen-bond acceptors (Lipinski definition) is 8. The SMILES string of the molecule is NC(=O)C1C(=O)C[C@@H]2C[C@@H]3Cc4c(C#CCO)ccc(O)c4C(=O)C3C(=O)[C@]2(O)C1=O. The van der Waals surface area contributed by atoms with Crippen molar-refractivity contribution in [3.8, 4) is 17.6 Å². The van der Waals surface area contributed by atoms with Gasteiger partial charge in [-0.15, -0.1) is 0 Å². The molecule has 4 rings (SSSR count). The molecule has 2 saturated carbocycles. The zero-order chi connectivity index (χ0) is 22.7. The number of rotatable bonds is 1. The number of hydrogen-bond donors (Lipinski definition) is 4. The Morgan fingerprint density at radius 3 is 2.52 bits per heavy atom. The van der Waals surface area contributed by atoms with Crippen LogP contribution in [0.3, 0.4) is 0 Å². The normalized spacial score (nSPS) is 31.8. The van der Waals surface area contributed by atoms with E-state index in [9.17, 15) is 34.2 Å². The van der Waals surface area contributed by atoms with Crippen LogP contribution in [-0.4, -0.2) is 56.6 Å². The third-order valence-corrected chi connectivity index (χ3v) is 6.59. The molecule has 3 aliphatic carbocycles. The molecule has 9 nitrogen and oxygen atoms in total. The van der Waals surface area contributed by atoms with Crippen LogP contribution < -0.4 is 5.73 Å². The molecule has 1 amide bonds. The van der Waals surface area contributed by atoms with Gasteiger partial charge in [0, 0.05) is 17.9 Å². The van der Waals surface area contributed by atoms with Gasteiger partial charge in [0.15, 0.2) is 34.7 Å². The first-order valence-corrected chi connectivity index (χ1v) is 9.74. The van der Waals surface area contributed by atoms with Gasteiger partial charge in [-0.1, -0.05) is 11.8 Å². The molecular formula is C22H19NO8. The molecule has 0 aliphatic heterocycles. The van der Waals surface area contributed by atoms with Crippen molar-refractivity contribution in [2.75, 3.05) is 6.61 Å². The van der Waals surface area contributed by atoms with E-state index in [0.29, 0.717) is 11.1 Å². The lowest BCUT2D eigenvalue weighted by atomic mass is 9.53. The van der Waals surface area contributed by atoms with E-state index in [1.54, 1.807) is 0 Å². The van der Waals surface area contributed by atoms with Gasteiger partial charge < -0.3 is 21.1 Å². The van der Waals surface area contributed by atoms with Gasteiger partial charge in [0.1, 0.15) is 12.4 Å². The molecular weight excluding hydrogens is 406 g/mol. The second kappa shape index (κ2) is 7.11. The van der Waals surface area contributed by atoms with E-state index in [0.717, 1.165) is 0 Å². The first-order valence-electron chi connectivity index (χ1n) is 9.74. The van der Waals surface area contributed by atoms with Crippen molar-refractivity contribution in [1.29, 1.82) is 0 Å². The fourth-order valence-corrected chi connectivity index (χ4v) is 5.22. The van der Waals surface area contributed by atoms with Crippen LogP contribution in [-0.2, 0) is 25.6 Å². The minimum Gasteiger partial charge on any atom is -0.507 e. The van der Waals surface area contributed by atoms with Crippen molar-refractivity contribution in [3.05, 3.63) is 28.8 Å². The highest BCUT2D eigenvalue weighted by molar-refractivity contribution is 6.31. The number of ketones is 4. The average Bonchev–Trinajstić information content (AvgIpc) is 2.70. The lowest BCUT2D eigenvalue weighted by molar-refractivity contribution is -0.175. The molecule has 2 fully saturated rings. The number of carbonyl (C=O) groups is 5. The molecule has 0 bridgehead atoms. The summed E-state index contributed by atoms with van der Waals surface area (Å²) in [5.74, 6) is -5.32. The molecule has 5 atom stereocenters. The number of amides is 1. The summed E-state index contributed by atoms with van der Waals surface area (Å²) in [6.07, 6.45) is -0.220. The summed E-state index contributed by atoms with van der Waals surface area (Å²) < 4.78 is 0. The highest BCUT2D eigenvalue weighted by atomic mass is 16.3. The molecule has 1 aromatic rings. The lowest BCUT2D eigenvalue weighted by Gasteiger charge is -2.48. The van der Waals surface area contributed by atoms with Crippen LogP contribution >= 0.6 is 0 Å². The zero-order valence-corrected chi connectivity index (χ0v) is 16.3. The average molecular weight is 425 g/mol. The molecule has 5 N–H and O–H groups in total. The molecule has 0 saturated heterocycles. The third-order valence-electron chi connectivity index (χ3n) is 6.59. The van der Waals surface area contributed by atoms with E-state index in [4.69, 9.17) is 10.8 Å². The van der Waals surface area contributed by atoms with Crippen molar-refractivity contribution >= 4 is 29.0 Å². The highest BCUT2D eigenvalue weighted by Crippen LogP contribution is 2.50. The van der Waals surface area contributed by atoms with E-state index in [-0.39, 0.29) is 30.6 Å². The standard InChI is InChI=1S/C22H19NO8/c23-21(30)17-14(26)8-11-6-10-7-12-9(2-1-5-24)3-4-13(25)16(12)18(27)15(10)19(28)22(11,31)20(17)29/h3-4,10-11,15,17,24-25,31H,5-8H2,(H2,23,30)/t10-,11+,15?,17?,22+/m1/s1. The Labute approximate surface area is 176 Å². The van der Waals surface area contributed by atoms with Crippen LogP contribution in [0.2, 0.25) is 0 Å². The van der Waals surface area contributed by atoms with Gasteiger partial charge in [0.2, 0.25) is 5.91 Å². The summed E-state index contributed by atoms with van der Waals surface area (Å²) in [6.45, 7) is -0.408. The number of benzene rings is 1. The summed E-state index contributed by atoms with van der Waals surface area (Å²) in [4.78, 5) is 63.3. The maximum atomic E-state index is 13.3. The minimum atomic E-state index is -2.66. The number of carbonyl (C=O) groups excluding carboxylic acids is 5. The monoisotopic (exact) mass is 425 g/mol. The molecule has 0 aromatic heterocycles. The summed E-state index contributed by atoms with van der Waals surface area (Å²) in [5.41, 5.74) is 3.18. The second-order valence-electron chi connectivity index (χ2n) is 8.19. The number of phenolic OH excluding ortho intramolecular Hbond substituents is 1. The van der Waals surface area contributed by atoms with Gasteiger partial charge in [-0.3, -0.25) is 24.0 Å². The van der Waals surface area contributed by atoms with Gasteiger partial charge >= 0.3 is 0 Å².